The number of nitrogens with zero attached hydrogens (tertiary/aromatic N) is 1. The average molecular weight is 129 g/mol. The van der Waals surface area contributed by atoms with Crippen molar-refractivity contribution < 1.29 is 9.53 Å². The van der Waals surface area contributed by atoms with Gasteiger partial charge in [-0.25, -0.2) is 0 Å². The van der Waals surface area contributed by atoms with Gasteiger partial charge in [0.1, 0.15) is 6.29 Å². The van der Waals surface area contributed by atoms with Crippen molar-refractivity contribution in [3.05, 3.63) is 0 Å². The Labute approximate surface area is 54.6 Å². The van der Waals surface area contributed by atoms with Crippen LogP contribution in [0.2, 0.25) is 0 Å². The van der Waals surface area contributed by atoms with Crippen LogP contribution < -0.4 is 0 Å². The number of rotatable bonds is 3. The highest BCUT2D eigenvalue weighted by Crippen LogP contribution is 2.07. The molecule has 0 saturated carbocycles. The lowest BCUT2D eigenvalue weighted by Crippen LogP contribution is -2.52. The first-order valence-electron chi connectivity index (χ1n) is 3.05. The Morgan fingerprint density at radius 1 is 1.78 bits per heavy atom. The number of ether oxygens (including phenoxy) is 1. The second kappa shape index (κ2) is 2.94. The van der Waals surface area contributed by atoms with Gasteiger partial charge >= 0.3 is 0 Å². The molecule has 0 N–H and O–H groups in total. The monoisotopic (exact) mass is 129 g/mol. The summed E-state index contributed by atoms with van der Waals surface area (Å²) in [6, 6.07) is 0. The maximum Gasteiger partial charge on any atom is 0.133 e. The molecule has 0 bridgehead atoms. The van der Waals surface area contributed by atoms with Crippen LogP contribution in [-0.2, 0) is 9.53 Å². The molecule has 9 heavy (non-hydrogen) atoms. The number of likely N-dealkylation sites (tertiary alicyclic amines) is 1. The van der Waals surface area contributed by atoms with E-state index in [4.69, 9.17) is 4.74 Å². The van der Waals surface area contributed by atoms with Crippen molar-refractivity contribution in [3.8, 4) is 0 Å². The van der Waals surface area contributed by atoms with Crippen molar-refractivity contribution in [1.82, 2.24) is 4.90 Å². The van der Waals surface area contributed by atoms with Crippen LogP contribution in [0.25, 0.3) is 0 Å². The number of hydrogen-bond donors (Lipinski definition) is 0. The van der Waals surface area contributed by atoms with Crippen molar-refractivity contribution in [3.63, 3.8) is 0 Å². The third kappa shape index (κ3) is 1.50. The molecular weight excluding hydrogens is 118 g/mol. The summed E-state index contributed by atoms with van der Waals surface area (Å²) in [5, 5.41) is 0. The minimum atomic E-state index is 0.366. The van der Waals surface area contributed by atoms with Crippen molar-refractivity contribution in [2.75, 3.05) is 26.7 Å². The SMILES string of the molecule is COC1CN(CC=O)C1. The van der Waals surface area contributed by atoms with Crippen LogP contribution >= 0.6 is 0 Å². The fourth-order valence-electron chi connectivity index (χ4n) is 0.926. The van der Waals surface area contributed by atoms with Crippen LogP contribution in [0.4, 0.5) is 0 Å². The first-order chi connectivity index (χ1) is 4.36. The summed E-state index contributed by atoms with van der Waals surface area (Å²) in [6.45, 7) is 2.38. The molecule has 0 aliphatic carbocycles. The summed E-state index contributed by atoms with van der Waals surface area (Å²) in [6.07, 6.45) is 1.29. The first kappa shape index (κ1) is 6.71. The molecule has 1 rings (SSSR count). The maximum absolute atomic E-state index is 9.92. The van der Waals surface area contributed by atoms with Crippen LogP contribution in [0, 0.1) is 0 Å². The molecule has 1 aliphatic heterocycles. The molecule has 0 spiro atoms. The van der Waals surface area contributed by atoms with E-state index in [0.717, 1.165) is 19.4 Å². The van der Waals surface area contributed by atoms with Gasteiger partial charge in [0, 0.05) is 20.2 Å². The quantitative estimate of drug-likeness (QED) is 0.482. The van der Waals surface area contributed by atoms with E-state index >= 15 is 0 Å². The van der Waals surface area contributed by atoms with Gasteiger partial charge in [-0.2, -0.15) is 0 Å². The topological polar surface area (TPSA) is 29.5 Å². The maximum atomic E-state index is 9.92. The predicted octanol–water partition coefficient (Wildman–Crippen LogP) is -0.484. The van der Waals surface area contributed by atoms with Crippen LogP contribution in [0.3, 0.4) is 0 Å². The highest BCUT2D eigenvalue weighted by atomic mass is 16.5. The summed E-state index contributed by atoms with van der Waals surface area (Å²) >= 11 is 0. The fourth-order valence-corrected chi connectivity index (χ4v) is 0.926. The minimum Gasteiger partial charge on any atom is -0.379 e. The number of carbonyl (C=O) groups is 1. The minimum absolute atomic E-state index is 0.366. The molecule has 1 saturated heterocycles. The Kier molecular flexibility index (Phi) is 2.19. The predicted molar refractivity (Wildman–Crippen MR) is 33.3 cm³/mol. The zero-order valence-corrected chi connectivity index (χ0v) is 5.54. The van der Waals surface area contributed by atoms with Gasteiger partial charge < -0.3 is 9.53 Å². The Morgan fingerprint density at radius 3 is 2.89 bits per heavy atom. The van der Waals surface area contributed by atoms with E-state index in [1.807, 2.05) is 4.90 Å². The lowest BCUT2D eigenvalue weighted by atomic mass is 10.2. The van der Waals surface area contributed by atoms with Crippen LogP contribution in [0.1, 0.15) is 0 Å². The molecule has 1 fully saturated rings. The first-order valence-corrected chi connectivity index (χ1v) is 3.05. The Bertz CT molecular complexity index is 99.2. The molecule has 0 unspecified atom stereocenters. The van der Waals surface area contributed by atoms with Crippen molar-refractivity contribution in [2.45, 2.75) is 6.10 Å². The molecule has 0 aromatic carbocycles. The average Bonchev–Trinajstić information content (AvgIpc) is 1.77. The number of aldehydes is 1. The zero-order chi connectivity index (χ0) is 6.69. The van der Waals surface area contributed by atoms with Crippen LogP contribution in [-0.4, -0.2) is 44.0 Å². The molecule has 0 aromatic rings. The molecule has 52 valence electrons. The van der Waals surface area contributed by atoms with E-state index in [1.165, 1.54) is 0 Å². The molecule has 0 aromatic heterocycles. The van der Waals surface area contributed by atoms with E-state index in [0.29, 0.717) is 12.6 Å². The van der Waals surface area contributed by atoms with Crippen molar-refractivity contribution in [1.29, 1.82) is 0 Å². The number of carbonyl (C=O) groups excluding carboxylic acids is 1. The smallest absolute Gasteiger partial charge is 0.133 e. The van der Waals surface area contributed by atoms with Crippen LogP contribution in [0.5, 0.6) is 0 Å². The Morgan fingerprint density at radius 2 is 2.44 bits per heavy atom. The third-order valence-corrected chi connectivity index (χ3v) is 1.59. The molecule has 3 heteroatoms. The summed E-state index contributed by atoms with van der Waals surface area (Å²) in [4.78, 5) is 12.0. The van der Waals surface area contributed by atoms with Crippen molar-refractivity contribution >= 4 is 6.29 Å². The van der Waals surface area contributed by atoms with Gasteiger partial charge in [0.25, 0.3) is 0 Å². The highest BCUT2D eigenvalue weighted by Gasteiger charge is 2.24. The normalized spacial score (nSPS) is 21.4. The largest absolute Gasteiger partial charge is 0.379 e. The van der Waals surface area contributed by atoms with Crippen LogP contribution in [0.15, 0.2) is 0 Å². The summed E-state index contributed by atoms with van der Waals surface area (Å²) < 4.78 is 5.01. The molecule has 1 heterocycles. The third-order valence-electron chi connectivity index (χ3n) is 1.59. The lowest BCUT2D eigenvalue weighted by Gasteiger charge is -2.36. The van der Waals surface area contributed by atoms with Gasteiger partial charge in [0.05, 0.1) is 12.6 Å². The fraction of sp³-hybridized carbons (Fsp3) is 0.833. The lowest BCUT2D eigenvalue weighted by molar-refractivity contribution is -0.112. The molecular formula is C6H11NO2. The van der Waals surface area contributed by atoms with Gasteiger partial charge in [-0.3, -0.25) is 4.90 Å². The van der Waals surface area contributed by atoms with E-state index in [9.17, 15) is 4.79 Å². The molecule has 0 radical (unpaired) electrons. The molecule has 1 aliphatic rings. The summed E-state index contributed by atoms with van der Waals surface area (Å²) in [5.74, 6) is 0. The Balaban J connectivity index is 2.04. The standard InChI is InChI=1S/C6H11NO2/c1-9-6-4-7(5-6)2-3-8/h3,6H,2,4-5H2,1H3. The second-order valence-corrected chi connectivity index (χ2v) is 2.24. The van der Waals surface area contributed by atoms with Gasteiger partial charge in [-0.05, 0) is 0 Å². The second-order valence-electron chi connectivity index (χ2n) is 2.24. The van der Waals surface area contributed by atoms with Gasteiger partial charge in [0.15, 0.2) is 0 Å². The Hall–Kier alpha value is -0.410. The summed E-state index contributed by atoms with van der Waals surface area (Å²) in [5.41, 5.74) is 0. The molecule has 3 nitrogen and oxygen atoms in total. The van der Waals surface area contributed by atoms with Gasteiger partial charge in [-0.15, -0.1) is 0 Å². The number of methoxy groups -OCH3 is 1. The highest BCUT2D eigenvalue weighted by molar-refractivity contribution is 5.52. The molecule has 0 amide bonds. The van der Waals surface area contributed by atoms with E-state index < -0.39 is 0 Å². The van der Waals surface area contributed by atoms with Gasteiger partial charge in [-0.1, -0.05) is 0 Å². The van der Waals surface area contributed by atoms with E-state index in [-0.39, 0.29) is 0 Å². The molecule has 0 atom stereocenters. The number of hydrogen-bond acceptors (Lipinski definition) is 3. The van der Waals surface area contributed by atoms with E-state index in [1.54, 1.807) is 7.11 Å². The van der Waals surface area contributed by atoms with E-state index in [2.05, 4.69) is 0 Å². The zero-order valence-electron chi connectivity index (χ0n) is 5.54. The van der Waals surface area contributed by atoms with Crippen molar-refractivity contribution in [2.24, 2.45) is 0 Å². The summed E-state index contributed by atoms with van der Waals surface area (Å²) in [7, 11) is 1.70. The van der Waals surface area contributed by atoms with Gasteiger partial charge in [0.2, 0.25) is 0 Å².